The summed E-state index contributed by atoms with van der Waals surface area (Å²) in [5, 5.41) is 3.27. The Morgan fingerprint density at radius 2 is 1.92 bits per heavy atom. The van der Waals surface area contributed by atoms with Crippen LogP contribution in [-0.4, -0.2) is 28.2 Å². The van der Waals surface area contributed by atoms with Crippen molar-refractivity contribution >= 4 is 55.9 Å². The minimum atomic E-state index is -3.79. The Balaban J connectivity index is 1.79. The molecule has 2 aromatic rings. The molecular formula is C16H15Cl2N3O2S2. The zero-order valence-electron chi connectivity index (χ0n) is 13.1. The molecule has 3 heterocycles. The highest BCUT2D eigenvalue weighted by molar-refractivity contribution is 7.93. The first-order valence-corrected chi connectivity index (χ1v) is 10.7. The third-order valence-corrected chi connectivity index (χ3v) is 7.79. The summed E-state index contributed by atoms with van der Waals surface area (Å²) in [7, 11) is -3.79. The van der Waals surface area contributed by atoms with Gasteiger partial charge in [0.25, 0.3) is 10.0 Å². The second kappa shape index (κ2) is 6.48. The van der Waals surface area contributed by atoms with Crippen LogP contribution in [0.25, 0.3) is 0 Å². The van der Waals surface area contributed by atoms with Crippen LogP contribution in [0.15, 0.2) is 47.0 Å². The summed E-state index contributed by atoms with van der Waals surface area (Å²) in [5.41, 5.74) is 2.66. The fourth-order valence-electron chi connectivity index (χ4n) is 3.11. The van der Waals surface area contributed by atoms with Crippen LogP contribution < -0.4 is 14.5 Å². The number of nitrogens with one attached hydrogen (secondary N) is 1. The molecule has 1 aromatic heterocycles. The van der Waals surface area contributed by atoms with E-state index in [1.165, 1.54) is 10.4 Å². The number of nitrogens with zero attached hydrogens (tertiary/aromatic N) is 2. The summed E-state index contributed by atoms with van der Waals surface area (Å²) in [6.45, 7) is 1.90. The third kappa shape index (κ3) is 2.94. The van der Waals surface area contributed by atoms with Crippen molar-refractivity contribution in [1.29, 1.82) is 0 Å². The molecule has 0 atom stereocenters. The van der Waals surface area contributed by atoms with Crippen molar-refractivity contribution in [1.82, 2.24) is 5.32 Å². The Morgan fingerprint density at radius 3 is 2.56 bits per heavy atom. The number of sulfonamides is 1. The zero-order chi connectivity index (χ0) is 17.6. The molecule has 4 rings (SSSR count). The van der Waals surface area contributed by atoms with Crippen molar-refractivity contribution in [2.45, 2.75) is 11.3 Å². The van der Waals surface area contributed by atoms with Gasteiger partial charge in [0.05, 0.1) is 15.7 Å². The Labute approximate surface area is 160 Å². The predicted octanol–water partition coefficient (Wildman–Crippen LogP) is 3.90. The quantitative estimate of drug-likeness (QED) is 0.825. The van der Waals surface area contributed by atoms with Crippen molar-refractivity contribution in [3.8, 4) is 0 Å². The summed E-state index contributed by atoms with van der Waals surface area (Å²) in [6, 6.07) is 8.92. The Hall–Kier alpha value is -1.25. The van der Waals surface area contributed by atoms with Gasteiger partial charge in [0, 0.05) is 18.8 Å². The smallest absolute Gasteiger partial charge is 0.268 e. The van der Waals surface area contributed by atoms with Gasteiger partial charge in [-0.2, -0.15) is 0 Å². The largest absolute Gasteiger partial charge is 0.324 e. The number of benzene rings is 1. The molecule has 132 valence electrons. The van der Waals surface area contributed by atoms with E-state index in [9.17, 15) is 8.42 Å². The summed E-state index contributed by atoms with van der Waals surface area (Å²) in [5.74, 6) is 0. The van der Waals surface area contributed by atoms with Crippen molar-refractivity contribution in [3.63, 3.8) is 0 Å². The lowest BCUT2D eigenvalue weighted by molar-refractivity contribution is 0.592. The number of anilines is 2. The van der Waals surface area contributed by atoms with Crippen LogP contribution in [0.5, 0.6) is 0 Å². The van der Waals surface area contributed by atoms with Gasteiger partial charge in [-0.1, -0.05) is 41.4 Å². The predicted molar refractivity (Wildman–Crippen MR) is 103 cm³/mol. The van der Waals surface area contributed by atoms with Crippen LogP contribution in [0, 0.1) is 0 Å². The third-order valence-electron chi connectivity index (χ3n) is 4.29. The minimum absolute atomic E-state index is 0.0557. The van der Waals surface area contributed by atoms with Gasteiger partial charge in [-0.05, 0) is 24.6 Å². The van der Waals surface area contributed by atoms with E-state index in [0.717, 1.165) is 42.2 Å². The van der Waals surface area contributed by atoms with Crippen molar-refractivity contribution in [3.05, 3.63) is 50.8 Å². The maximum Gasteiger partial charge on any atom is 0.268 e. The van der Waals surface area contributed by atoms with Gasteiger partial charge in [0.1, 0.15) is 15.9 Å². The van der Waals surface area contributed by atoms with Gasteiger partial charge in [0.15, 0.2) is 0 Å². The number of para-hydroxylation sites is 2. The molecule has 2 aliphatic heterocycles. The molecule has 0 bridgehead atoms. The number of hydrogen-bond acceptors (Lipinski definition) is 5. The topological polar surface area (TPSA) is 52.7 Å². The lowest BCUT2D eigenvalue weighted by Crippen LogP contribution is -2.37. The fourth-order valence-corrected chi connectivity index (χ4v) is 6.64. The lowest BCUT2D eigenvalue weighted by Gasteiger charge is -2.26. The van der Waals surface area contributed by atoms with E-state index in [4.69, 9.17) is 23.2 Å². The number of halogens is 2. The standard InChI is InChI=1S/C16H15Cl2N3O2S2/c17-15-9-14(16(18)24-15)25(22,23)21-10-20(11-5-7-19-8-6-11)12-3-1-2-4-13(12)21/h1-5,9,19H,6-8,10H2. The number of fused-ring (bicyclic) bond motifs is 1. The van der Waals surface area contributed by atoms with E-state index >= 15 is 0 Å². The van der Waals surface area contributed by atoms with E-state index in [-0.39, 0.29) is 15.9 Å². The minimum Gasteiger partial charge on any atom is -0.324 e. The van der Waals surface area contributed by atoms with Gasteiger partial charge in [-0.25, -0.2) is 12.7 Å². The molecule has 0 saturated carbocycles. The van der Waals surface area contributed by atoms with E-state index < -0.39 is 10.0 Å². The molecule has 9 heteroatoms. The van der Waals surface area contributed by atoms with Gasteiger partial charge in [-0.15, -0.1) is 11.3 Å². The van der Waals surface area contributed by atoms with Crippen LogP contribution in [-0.2, 0) is 10.0 Å². The maximum atomic E-state index is 13.2. The number of rotatable bonds is 3. The van der Waals surface area contributed by atoms with Crippen LogP contribution in [0.4, 0.5) is 11.4 Å². The van der Waals surface area contributed by atoms with Crippen molar-refractivity contribution in [2.24, 2.45) is 0 Å². The monoisotopic (exact) mass is 415 g/mol. The first kappa shape index (κ1) is 17.2. The summed E-state index contributed by atoms with van der Waals surface area (Å²) in [4.78, 5) is 2.11. The number of thiophene rings is 1. The highest BCUT2D eigenvalue weighted by Gasteiger charge is 2.37. The van der Waals surface area contributed by atoms with Crippen LogP contribution in [0.3, 0.4) is 0 Å². The molecule has 2 aliphatic rings. The molecule has 0 fully saturated rings. The molecule has 5 nitrogen and oxygen atoms in total. The normalized spacial score (nSPS) is 17.6. The van der Waals surface area contributed by atoms with E-state index in [1.54, 1.807) is 0 Å². The number of hydrogen-bond donors (Lipinski definition) is 1. The summed E-state index contributed by atoms with van der Waals surface area (Å²) >= 11 is 13.1. The van der Waals surface area contributed by atoms with Crippen LogP contribution >= 0.6 is 34.5 Å². The first-order valence-electron chi connectivity index (χ1n) is 7.72. The van der Waals surface area contributed by atoms with E-state index in [0.29, 0.717) is 10.0 Å². The fraction of sp³-hybridized carbons (Fsp3) is 0.250. The van der Waals surface area contributed by atoms with Crippen LogP contribution in [0.2, 0.25) is 8.67 Å². The first-order chi connectivity index (χ1) is 12.0. The molecule has 0 unspecified atom stereocenters. The second-order valence-electron chi connectivity index (χ2n) is 5.75. The average Bonchev–Trinajstić information content (AvgIpc) is 3.16. The van der Waals surface area contributed by atoms with E-state index in [1.807, 2.05) is 24.3 Å². The highest BCUT2D eigenvalue weighted by atomic mass is 35.5. The Morgan fingerprint density at radius 1 is 1.16 bits per heavy atom. The second-order valence-corrected chi connectivity index (χ2v) is 9.87. The van der Waals surface area contributed by atoms with Gasteiger partial charge in [0.2, 0.25) is 0 Å². The zero-order valence-corrected chi connectivity index (χ0v) is 16.2. The molecule has 0 aliphatic carbocycles. The van der Waals surface area contributed by atoms with Crippen molar-refractivity contribution < 1.29 is 8.42 Å². The average molecular weight is 416 g/mol. The lowest BCUT2D eigenvalue weighted by atomic mass is 10.2. The molecule has 0 spiro atoms. The SMILES string of the molecule is O=S(=O)(c1cc(Cl)sc1Cl)N1CN(C2=CCNCC2)c2ccccc21. The van der Waals surface area contributed by atoms with Gasteiger partial charge >= 0.3 is 0 Å². The van der Waals surface area contributed by atoms with Gasteiger partial charge < -0.3 is 10.2 Å². The molecule has 1 aromatic carbocycles. The van der Waals surface area contributed by atoms with E-state index in [2.05, 4.69) is 16.3 Å². The molecule has 1 N–H and O–H groups in total. The molecule has 25 heavy (non-hydrogen) atoms. The summed E-state index contributed by atoms with van der Waals surface area (Å²) in [6.07, 6.45) is 2.96. The highest BCUT2D eigenvalue weighted by Crippen LogP contribution is 2.44. The van der Waals surface area contributed by atoms with Gasteiger partial charge in [-0.3, -0.25) is 0 Å². The Kier molecular flexibility index (Phi) is 4.45. The maximum absolute atomic E-state index is 13.2. The Bertz CT molecular complexity index is 956. The molecular weight excluding hydrogens is 401 g/mol. The molecule has 0 saturated heterocycles. The van der Waals surface area contributed by atoms with Crippen molar-refractivity contribution in [2.75, 3.05) is 29.0 Å². The molecule has 0 radical (unpaired) electrons. The van der Waals surface area contributed by atoms with Crippen LogP contribution in [0.1, 0.15) is 6.42 Å². The summed E-state index contributed by atoms with van der Waals surface area (Å²) < 4.78 is 28.3. The molecule has 0 amide bonds.